The molecule has 0 saturated carbocycles. The predicted molar refractivity (Wildman–Crippen MR) is 121 cm³/mol. The highest BCUT2D eigenvalue weighted by molar-refractivity contribution is 5.96. The molecule has 0 heterocycles. The summed E-state index contributed by atoms with van der Waals surface area (Å²) in [6.45, 7) is 3.58. The molecule has 0 aliphatic heterocycles. The number of amides is 1. The number of anilines is 1. The number of benzene rings is 3. The van der Waals surface area contributed by atoms with Crippen LogP contribution >= 0.6 is 0 Å². The van der Waals surface area contributed by atoms with Crippen LogP contribution in [0.4, 0.5) is 5.69 Å². The van der Waals surface area contributed by atoms with E-state index in [0.717, 1.165) is 16.3 Å². The summed E-state index contributed by atoms with van der Waals surface area (Å²) in [4.78, 5) is 24.0. The maximum absolute atomic E-state index is 12.1. The van der Waals surface area contributed by atoms with Gasteiger partial charge in [-0.15, -0.1) is 0 Å². The standard InChI is InChI=1S/C25H23NO5/c1-3-14-30-22-12-8-18(15-23(22)29-2)9-13-25(28)31-17-24(27)26-21-11-10-19-6-4-5-7-20(19)16-21/h3-13,15-16H,1,14,17H2,2H3,(H,26,27)/b13-9+. The topological polar surface area (TPSA) is 73.9 Å². The van der Waals surface area contributed by atoms with Gasteiger partial charge >= 0.3 is 5.97 Å². The number of rotatable bonds is 9. The number of ether oxygens (including phenoxy) is 3. The van der Waals surface area contributed by atoms with Gasteiger partial charge in [0, 0.05) is 11.8 Å². The molecule has 1 N–H and O–H groups in total. The molecule has 6 heteroatoms. The highest BCUT2D eigenvalue weighted by Crippen LogP contribution is 2.28. The molecule has 0 saturated heterocycles. The third kappa shape index (κ3) is 6.21. The third-order valence-corrected chi connectivity index (χ3v) is 4.33. The number of nitrogens with one attached hydrogen (secondary N) is 1. The zero-order valence-corrected chi connectivity index (χ0v) is 17.2. The summed E-state index contributed by atoms with van der Waals surface area (Å²) in [5.74, 6) is 0.0710. The Morgan fingerprint density at radius 1 is 1.00 bits per heavy atom. The van der Waals surface area contributed by atoms with Crippen LogP contribution in [0.1, 0.15) is 5.56 Å². The highest BCUT2D eigenvalue weighted by Gasteiger charge is 2.07. The second-order valence-electron chi connectivity index (χ2n) is 6.56. The van der Waals surface area contributed by atoms with Crippen molar-refractivity contribution in [3.63, 3.8) is 0 Å². The van der Waals surface area contributed by atoms with E-state index in [1.165, 1.54) is 13.2 Å². The average molecular weight is 417 g/mol. The Balaban J connectivity index is 1.52. The first-order valence-corrected chi connectivity index (χ1v) is 9.64. The fraction of sp³-hybridized carbons (Fsp3) is 0.120. The first-order valence-electron chi connectivity index (χ1n) is 9.64. The van der Waals surface area contributed by atoms with Gasteiger partial charge in [0.1, 0.15) is 6.61 Å². The van der Waals surface area contributed by atoms with E-state index in [2.05, 4.69) is 11.9 Å². The minimum Gasteiger partial charge on any atom is -0.493 e. The lowest BCUT2D eigenvalue weighted by atomic mass is 10.1. The quantitative estimate of drug-likeness (QED) is 0.313. The molecule has 0 atom stereocenters. The van der Waals surface area contributed by atoms with Gasteiger partial charge in [-0.05, 0) is 46.7 Å². The van der Waals surface area contributed by atoms with Crippen LogP contribution in [0, 0.1) is 0 Å². The molecule has 0 radical (unpaired) electrons. The minimum atomic E-state index is -0.625. The Labute approximate surface area is 180 Å². The summed E-state index contributed by atoms with van der Waals surface area (Å²) in [7, 11) is 1.53. The lowest BCUT2D eigenvalue weighted by molar-refractivity contribution is -0.142. The Bertz CT molecular complexity index is 1120. The molecular weight excluding hydrogens is 394 g/mol. The molecule has 0 fully saturated rings. The maximum atomic E-state index is 12.1. The summed E-state index contributed by atoms with van der Waals surface area (Å²) < 4.78 is 15.8. The van der Waals surface area contributed by atoms with Gasteiger partial charge in [0.15, 0.2) is 18.1 Å². The van der Waals surface area contributed by atoms with E-state index in [4.69, 9.17) is 14.2 Å². The molecule has 3 aromatic rings. The molecule has 3 aromatic carbocycles. The van der Waals surface area contributed by atoms with E-state index in [-0.39, 0.29) is 6.61 Å². The van der Waals surface area contributed by atoms with Gasteiger partial charge in [0.25, 0.3) is 5.91 Å². The van der Waals surface area contributed by atoms with Crippen molar-refractivity contribution < 1.29 is 23.8 Å². The Morgan fingerprint density at radius 3 is 2.58 bits per heavy atom. The second-order valence-corrected chi connectivity index (χ2v) is 6.56. The normalized spacial score (nSPS) is 10.6. The predicted octanol–water partition coefficient (Wildman–Crippen LogP) is 4.61. The molecule has 3 rings (SSSR count). The first-order chi connectivity index (χ1) is 15.1. The molecule has 0 aliphatic carbocycles. The molecule has 0 spiro atoms. The van der Waals surface area contributed by atoms with Gasteiger partial charge in [-0.3, -0.25) is 4.79 Å². The average Bonchev–Trinajstić information content (AvgIpc) is 2.80. The monoisotopic (exact) mass is 417 g/mol. The van der Waals surface area contributed by atoms with Gasteiger partial charge in [-0.1, -0.05) is 49.1 Å². The van der Waals surface area contributed by atoms with Gasteiger partial charge in [-0.2, -0.15) is 0 Å². The van der Waals surface area contributed by atoms with Crippen molar-refractivity contribution in [1.29, 1.82) is 0 Å². The van der Waals surface area contributed by atoms with Crippen LogP contribution in [0.25, 0.3) is 16.8 Å². The van der Waals surface area contributed by atoms with E-state index in [9.17, 15) is 9.59 Å². The molecular formula is C25H23NO5. The smallest absolute Gasteiger partial charge is 0.331 e. The summed E-state index contributed by atoms with van der Waals surface area (Å²) in [6.07, 6.45) is 4.46. The summed E-state index contributed by atoms with van der Waals surface area (Å²) in [5, 5.41) is 4.81. The van der Waals surface area contributed by atoms with Crippen LogP contribution in [-0.4, -0.2) is 32.2 Å². The van der Waals surface area contributed by atoms with Crippen LogP contribution in [-0.2, 0) is 14.3 Å². The van der Waals surface area contributed by atoms with Gasteiger partial charge in [-0.25, -0.2) is 4.79 Å². The van der Waals surface area contributed by atoms with Crippen molar-refractivity contribution in [3.05, 3.63) is 85.0 Å². The zero-order valence-electron chi connectivity index (χ0n) is 17.2. The van der Waals surface area contributed by atoms with Gasteiger partial charge < -0.3 is 19.5 Å². The van der Waals surface area contributed by atoms with Crippen molar-refractivity contribution >= 4 is 34.4 Å². The van der Waals surface area contributed by atoms with Crippen molar-refractivity contribution in [2.24, 2.45) is 0 Å². The molecule has 6 nitrogen and oxygen atoms in total. The molecule has 158 valence electrons. The summed E-state index contributed by atoms with van der Waals surface area (Å²) in [6, 6.07) is 18.7. The van der Waals surface area contributed by atoms with E-state index < -0.39 is 11.9 Å². The van der Waals surface area contributed by atoms with Crippen LogP contribution in [0.5, 0.6) is 11.5 Å². The van der Waals surface area contributed by atoms with E-state index >= 15 is 0 Å². The van der Waals surface area contributed by atoms with Crippen LogP contribution < -0.4 is 14.8 Å². The van der Waals surface area contributed by atoms with E-state index in [0.29, 0.717) is 23.8 Å². The molecule has 0 aliphatic rings. The number of hydrogen-bond acceptors (Lipinski definition) is 5. The molecule has 0 unspecified atom stereocenters. The highest BCUT2D eigenvalue weighted by atomic mass is 16.5. The number of esters is 1. The number of carbonyl (C=O) groups excluding carboxylic acids is 2. The van der Waals surface area contributed by atoms with Crippen LogP contribution in [0.3, 0.4) is 0 Å². The van der Waals surface area contributed by atoms with Gasteiger partial charge in [0.2, 0.25) is 0 Å². The van der Waals surface area contributed by atoms with Crippen LogP contribution in [0.2, 0.25) is 0 Å². The molecule has 31 heavy (non-hydrogen) atoms. The molecule has 0 bridgehead atoms. The van der Waals surface area contributed by atoms with Crippen molar-refractivity contribution in [2.45, 2.75) is 0 Å². The largest absolute Gasteiger partial charge is 0.493 e. The van der Waals surface area contributed by atoms with E-state index in [1.807, 2.05) is 36.4 Å². The lowest BCUT2D eigenvalue weighted by Gasteiger charge is -2.09. The first kappa shape index (κ1) is 21.6. The lowest BCUT2D eigenvalue weighted by Crippen LogP contribution is -2.20. The number of fused-ring (bicyclic) bond motifs is 1. The third-order valence-electron chi connectivity index (χ3n) is 4.33. The SMILES string of the molecule is C=CCOc1ccc(/C=C/C(=O)OCC(=O)Nc2ccc3ccccc3c2)cc1OC. The maximum Gasteiger partial charge on any atom is 0.331 e. The minimum absolute atomic E-state index is 0.360. The van der Waals surface area contributed by atoms with Crippen molar-refractivity contribution in [2.75, 3.05) is 25.6 Å². The summed E-state index contributed by atoms with van der Waals surface area (Å²) in [5.41, 5.74) is 1.36. The van der Waals surface area contributed by atoms with Crippen molar-refractivity contribution in [3.8, 4) is 11.5 Å². The Hall–Kier alpha value is -4.06. The van der Waals surface area contributed by atoms with Crippen LogP contribution in [0.15, 0.2) is 79.4 Å². The Morgan fingerprint density at radius 2 is 1.81 bits per heavy atom. The Kier molecular flexibility index (Phi) is 7.43. The number of carbonyl (C=O) groups is 2. The second kappa shape index (κ2) is 10.6. The van der Waals surface area contributed by atoms with E-state index in [1.54, 1.807) is 36.4 Å². The zero-order chi connectivity index (χ0) is 22.1. The number of methoxy groups -OCH3 is 1. The van der Waals surface area contributed by atoms with Gasteiger partial charge in [0.05, 0.1) is 7.11 Å². The number of hydrogen-bond donors (Lipinski definition) is 1. The fourth-order valence-corrected chi connectivity index (χ4v) is 2.87. The molecule has 1 amide bonds. The van der Waals surface area contributed by atoms with Crippen molar-refractivity contribution in [1.82, 2.24) is 0 Å². The molecule has 0 aromatic heterocycles. The summed E-state index contributed by atoms with van der Waals surface area (Å²) >= 11 is 0. The fourth-order valence-electron chi connectivity index (χ4n) is 2.87.